The molecule has 2 saturated heterocycles. The molecule has 2 aliphatic rings. The molecule has 2 aliphatic heterocycles. The summed E-state index contributed by atoms with van der Waals surface area (Å²) in [5, 5.41) is 4.85. The predicted octanol–water partition coefficient (Wildman–Crippen LogP) is 5.35. The van der Waals surface area contributed by atoms with Gasteiger partial charge in [-0.05, 0) is 61.2 Å². The standard InChI is InChI=1S/C28H29N3O4S3/c1-19(2)12-14-35-24-10-8-20(9-11-24)26-21(17-30(29-26)22-6-4-3-5-7-22)16-25-27(32)31(28(36)37-25)23-13-15-38(33,34)18-23/h3-11,16-17,19,23H,12-15,18H2,1-2H3. The number of hydrogen-bond donors (Lipinski definition) is 0. The Morgan fingerprint density at radius 2 is 1.89 bits per heavy atom. The maximum absolute atomic E-state index is 13.3. The minimum Gasteiger partial charge on any atom is -0.494 e. The van der Waals surface area contributed by atoms with Crippen molar-refractivity contribution in [1.29, 1.82) is 0 Å². The molecule has 0 aliphatic carbocycles. The molecule has 3 aromatic rings. The Labute approximate surface area is 232 Å². The van der Waals surface area contributed by atoms with Gasteiger partial charge in [0.1, 0.15) is 10.1 Å². The Kier molecular flexibility index (Phi) is 7.74. The van der Waals surface area contributed by atoms with Crippen LogP contribution in [0.1, 0.15) is 32.3 Å². The largest absolute Gasteiger partial charge is 0.494 e. The molecule has 1 aromatic heterocycles. The Bertz CT molecular complexity index is 1480. The number of thioether (sulfide) groups is 1. The van der Waals surface area contributed by atoms with Crippen LogP contribution in [0.2, 0.25) is 0 Å². The number of nitrogens with zero attached hydrogens (tertiary/aromatic N) is 3. The monoisotopic (exact) mass is 567 g/mol. The topological polar surface area (TPSA) is 81.5 Å². The third-order valence-electron chi connectivity index (χ3n) is 6.54. The first-order valence-electron chi connectivity index (χ1n) is 12.6. The average molecular weight is 568 g/mol. The Balaban J connectivity index is 1.46. The van der Waals surface area contributed by atoms with Crippen molar-refractivity contribution in [3.8, 4) is 22.7 Å². The van der Waals surface area contributed by atoms with Gasteiger partial charge in [0.05, 0.1) is 40.4 Å². The molecule has 198 valence electrons. The van der Waals surface area contributed by atoms with E-state index in [2.05, 4.69) is 13.8 Å². The number of carbonyl (C=O) groups is 1. The molecule has 1 amide bonds. The van der Waals surface area contributed by atoms with Gasteiger partial charge in [0.15, 0.2) is 9.84 Å². The Hall–Kier alpha value is -2.95. The Morgan fingerprint density at radius 3 is 2.55 bits per heavy atom. The summed E-state index contributed by atoms with van der Waals surface area (Å²) in [6.45, 7) is 5.00. The van der Waals surface area contributed by atoms with Crippen molar-refractivity contribution >= 4 is 50.1 Å². The zero-order valence-corrected chi connectivity index (χ0v) is 23.7. The summed E-state index contributed by atoms with van der Waals surface area (Å²) in [7, 11) is -3.15. The summed E-state index contributed by atoms with van der Waals surface area (Å²) >= 11 is 6.70. The van der Waals surface area contributed by atoms with Crippen molar-refractivity contribution in [3.63, 3.8) is 0 Å². The van der Waals surface area contributed by atoms with Gasteiger partial charge in [-0.2, -0.15) is 5.10 Å². The average Bonchev–Trinajstić information content (AvgIpc) is 3.55. The second kappa shape index (κ2) is 11.0. The zero-order chi connectivity index (χ0) is 26.9. The second-order valence-corrected chi connectivity index (χ2v) is 13.8. The van der Waals surface area contributed by atoms with E-state index < -0.39 is 15.9 Å². The summed E-state index contributed by atoms with van der Waals surface area (Å²) in [4.78, 5) is 15.3. The highest BCUT2D eigenvalue weighted by atomic mass is 32.2. The van der Waals surface area contributed by atoms with Crippen LogP contribution in [0.3, 0.4) is 0 Å². The van der Waals surface area contributed by atoms with Gasteiger partial charge in [-0.25, -0.2) is 13.1 Å². The maximum atomic E-state index is 13.3. The van der Waals surface area contributed by atoms with Crippen LogP contribution in [0, 0.1) is 5.92 Å². The quantitative estimate of drug-likeness (QED) is 0.268. The van der Waals surface area contributed by atoms with E-state index in [-0.39, 0.29) is 17.4 Å². The summed E-state index contributed by atoms with van der Waals surface area (Å²) in [6.07, 6.45) is 5.09. The van der Waals surface area contributed by atoms with Gasteiger partial charge in [-0.3, -0.25) is 9.69 Å². The molecule has 0 bridgehead atoms. The van der Waals surface area contributed by atoms with E-state index in [1.807, 2.05) is 60.8 Å². The summed E-state index contributed by atoms with van der Waals surface area (Å²) in [5.74, 6) is 1.15. The molecule has 1 unspecified atom stereocenters. The van der Waals surface area contributed by atoms with E-state index in [4.69, 9.17) is 22.1 Å². The number of ether oxygens (including phenoxy) is 1. The molecule has 10 heteroatoms. The van der Waals surface area contributed by atoms with Crippen LogP contribution in [0.4, 0.5) is 0 Å². The van der Waals surface area contributed by atoms with Crippen LogP contribution < -0.4 is 4.74 Å². The van der Waals surface area contributed by atoms with Crippen molar-refractivity contribution in [2.24, 2.45) is 5.92 Å². The van der Waals surface area contributed by atoms with Crippen LogP contribution in [0.15, 0.2) is 65.7 Å². The number of sulfone groups is 1. The number of para-hydroxylation sites is 1. The molecule has 0 spiro atoms. The third-order valence-corrected chi connectivity index (χ3v) is 9.62. The fourth-order valence-corrected chi connectivity index (χ4v) is 7.56. The molecule has 0 radical (unpaired) electrons. The van der Waals surface area contributed by atoms with Gasteiger partial charge in [0.2, 0.25) is 0 Å². The predicted molar refractivity (Wildman–Crippen MR) is 156 cm³/mol. The van der Waals surface area contributed by atoms with Gasteiger partial charge in [0, 0.05) is 17.3 Å². The van der Waals surface area contributed by atoms with Crippen LogP contribution in [0.5, 0.6) is 5.75 Å². The highest BCUT2D eigenvalue weighted by Gasteiger charge is 2.42. The first kappa shape index (κ1) is 26.6. The summed E-state index contributed by atoms with van der Waals surface area (Å²) < 4.78 is 32.1. The minimum atomic E-state index is -3.15. The molecule has 2 aromatic carbocycles. The number of thiocarbonyl (C=S) groups is 1. The highest BCUT2D eigenvalue weighted by molar-refractivity contribution is 8.26. The summed E-state index contributed by atoms with van der Waals surface area (Å²) in [6, 6.07) is 17.2. The molecule has 7 nitrogen and oxygen atoms in total. The minimum absolute atomic E-state index is 0.0461. The fourth-order valence-electron chi connectivity index (χ4n) is 4.47. The number of rotatable bonds is 8. The lowest BCUT2D eigenvalue weighted by Crippen LogP contribution is -2.39. The molecule has 2 fully saturated rings. The van der Waals surface area contributed by atoms with E-state index in [1.54, 1.807) is 10.8 Å². The number of benzene rings is 2. The van der Waals surface area contributed by atoms with Crippen LogP contribution in [-0.2, 0) is 14.6 Å². The van der Waals surface area contributed by atoms with Gasteiger partial charge in [-0.1, -0.05) is 56.0 Å². The van der Waals surface area contributed by atoms with Gasteiger partial charge >= 0.3 is 0 Å². The molecular weight excluding hydrogens is 539 g/mol. The first-order chi connectivity index (χ1) is 18.2. The molecule has 3 heterocycles. The number of hydrogen-bond acceptors (Lipinski definition) is 7. The van der Waals surface area contributed by atoms with E-state index >= 15 is 0 Å². The van der Waals surface area contributed by atoms with Crippen LogP contribution in [0.25, 0.3) is 23.0 Å². The number of amides is 1. The lowest BCUT2D eigenvalue weighted by atomic mass is 10.1. The zero-order valence-electron chi connectivity index (χ0n) is 21.2. The maximum Gasteiger partial charge on any atom is 0.266 e. The van der Waals surface area contributed by atoms with Crippen LogP contribution >= 0.6 is 24.0 Å². The molecule has 0 N–H and O–H groups in total. The van der Waals surface area contributed by atoms with Crippen molar-refractivity contribution < 1.29 is 17.9 Å². The SMILES string of the molecule is CC(C)CCOc1ccc(-c2nn(-c3ccccc3)cc2C=C2SC(=S)N(C3CCS(=O)(=O)C3)C2=O)cc1. The summed E-state index contributed by atoms with van der Waals surface area (Å²) in [5.41, 5.74) is 3.27. The van der Waals surface area contributed by atoms with E-state index in [1.165, 1.54) is 16.7 Å². The van der Waals surface area contributed by atoms with Crippen LogP contribution in [-0.4, -0.2) is 57.5 Å². The van der Waals surface area contributed by atoms with Gasteiger partial charge in [0.25, 0.3) is 5.91 Å². The van der Waals surface area contributed by atoms with E-state index in [0.717, 1.165) is 34.7 Å². The van der Waals surface area contributed by atoms with Crippen molar-refractivity contribution in [2.45, 2.75) is 32.7 Å². The Morgan fingerprint density at radius 1 is 1.16 bits per heavy atom. The fraction of sp³-hybridized carbons (Fsp3) is 0.321. The van der Waals surface area contributed by atoms with Crippen molar-refractivity contribution in [2.75, 3.05) is 18.1 Å². The number of aromatic nitrogens is 2. The molecular formula is C28H29N3O4S3. The van der Waals surface area contributed by atoms with E-state index in [9.17, 15) is 13.2 Å². The molecule has 38 heavy (non-hydrogen) atoms. The lowest BCUT2D eigenvalue weighted by molar-refractivity contribution is -0.123. The van der Waals surface area contributed by atoms with E-state index in [0.29, 0.717) is 28.2 Å². The number of carbonyl (C=O) groups excluding carboxylic acids is 1. The second-order valence-electron chi connectivity index (χ2n) is 9.88. The van der Waals surface area contributed by atoms with Gasteiger partial charge < -0.3 is 4.74 Å². The smallest absolute Gasteiger partial charge is 0.266 e. The normalized spacial score (nSPS) is 20.1. The van der Waals surface area contributed by atoms with Gasteiger partial charge in [-0.15, -0.1) is 0 Å². The molecule has 5 rings (SSSR count). The highest BCUT2D eigenvalue weighted by Crippen LogP contribution is 2.38. The third kappa shape index (κ3) is 5.87. The molecule has 1 atom stereocenters. The first-order valence-corrected chi connectivity index (χ1v) is 15.6. The van der Waals surface area contributed by atoms with Crippen molar-refractivity contribution in [1.82, 2.24) is 14.7 Å². The lowest BCUT2D eigenvalue weighted by Gasteiger charge is -2.20. The van der Waals surface area contributed by atoms with Crippen molar-refractivity contribution in [3.05, 3.63) is 71.3 Å². The molecule has 0 saturated carbocycles.